The van der Waals surface area contributed by atoms with Gasteiger partial charge in [-0.15, -0.1) is 0 Å². The highest BCUT2D eigenvalue weighted by Gasteiger charge is 2.27. The number of ether oxygens (including phenoxy) is 1. The number of carbonyl (C=O) groups is 4. The van der Waals surface area contributed by atoms with E-state index >= 15 is 0 Å². The fourth-order valence-corrected chi connectivity index (χ4v) is 2.58. The molecule has 0 fully saturated rings. The van der Waals surface area contributed by atoms with E-state index in [1.165, 1.54) is 11.8 Å². The minimum atomic E-state index is -0.451. The third kappa shape index (κ3) is 5.87. The molecule has 1 aliphatic heterocycles. The summed E-state index contributed by atoms with van der Waals surface area (Å²) in [5.41, 5.74) is 1.15. The molecule has 1 aliphatic rings. The van der Waals surface area contributed by atoms with Gasteiger partial charge in [0.05, 0.1) is 11.4 Å². The lowest BCUT2D eigenvalue weighted by molar-refractivity contribution is -0.148. The van der Waals surface area contributed by atoms with Crippen LogP contribution in [0.5, 0.6) is 0 Å². The van der Waals surface area contributed by atoms with Crippen LogP contribution in [0.1, 0.15) is 32.6 Å². The summed E-state index contributed by atoms with van der Waals surface area (Å²) in [6, 6.07) is 6.96. The lowest BCUT2D eigenvalue weighted by atomic mass is 10.2. The average molecular weight is 361 g/mol. The molecule has 0 saturated carbocycles. The molecule has 2 N–H and O–H groups in total. The summed E-state index contributed by atoms with van der Waals surface area (Å²) < 4.78 is 5.02. The van der Waals surface area contributed by atoms with E-state index in [1.807, 2.05) is 0 Å². The van der Waals surface area contributed by atoms with Crippen LogP contribution in [0.3, 0.4) is 0 Å². The number of hydrogen-bond donors (Lipinski definition) is 2. The van der Waals surface area contributed by atoms with Gasteiger partial charge in [-0.05, 0) is 25.0 Å². The zero-order chi connectivity index (χ0) is 18.9. The maximum atomic E-state index is 12.3. The molecule has 0 atom stereocenters. The number of carbonyl (C=O) groups excluding carboxylic acids is 4. The van der Waals surface area contributed by atoms with Gasteiger partial charge < -0.3 is 15.4 Å². The summed E-state index contributed by atoms with van der Waals surface area (Å²) in [7, 11) is 0. The van der Waals surface area contributed by atoms with E-state index in [4.69, 9.17) is 4.74 Å². The topological polar surface area (TPSA) is 105 Å². The zero-order valence-electron chi connectivity index (χ0n) is 14.7. The molecule has 0 aliphatic carbocycles. The van der Waals surface area contributed by atoms with Crippen LogP contribution < -0.4 is 15.5 Å². The first-order chi connectivity index (χ1) is 12.5. The average Bonchev–Trinajstić information content (AvgIpc) is 2.61. The van der Waals surface area contributed by atoms with Gasteiger partial charge in [0.2, 0.25) is 11.8 Å². The highest BCUT2D eigenvalue weighted by atomic mass is 16.5. The zero-order valence-corrected chi connectivity index (χ0v) is 14.7. The van der Waals surface area contributed by atoms with Crippen LogP contribution in [0.2, 0.25) is 0 Å². The van der Waals surface area contributed by atoms with Gasteiger partial charge in [0, 0.05) is 19.9 Å². The molecule has 0 bridgehead atoms. The van der Waals surface area contributed by atoms with Crippen LogP contribution in [-0.2, 0) is 23.9 Å². The van der Waals surface area contributed by atoms with Crippen molar-refractivity contribution in [3.05, 3.63) is 24.3 Å². The van der Waals surface area contributed by atoms with Crippen LogP contribution in [0.4, 0.5) is 11.4 Å². The number of hydrogen-bond acceptors (Lipinski definition) is 5. The van der Waals surface area contributed by atoms with E-state index in [2.05, 4.69) is 10.6 Å². The minimum Gasteiger partial charge on any atom is -0.456 e. The Morgan fingerprint density at radius 1 is 1.19 bits per heavy atom. The third-order valence-electron chi connectivity index (χ3n) is 3.86. The molecule has 0 aromatic heterocycles. The Kier molecular flexibility index (Phi) is 7.13. The van der Waals surface area contributed by atoms with Gasteiger partial charge in [0.25, 0.3) is 5.91 Å². The summed E-state index contributed by atoms with van der Waals surface area (Å²) in [6.07, 6.45) is 2.40. The van der Waals surface area contributed by atoms with Crippen LogP contribution in [0.25, 0.3) is 0 Å². The van der Waals surface area contributed by atoms with Crippen molar-refractivity contribution in [2.75, 3.05) is 29.9 Å². The molecule has 0 spiro atoms. The van der Waals surface area contributed by atoms with Crippen LogP contribution in [-0.4, -0.2) is 43.4 Å². The Morgan fingerprint density at radius 2 is 1.96 bits per heavy atom. The fourth-order valence-electron chi connectivity index (χ4n) is 2.58. The Hall–Kier alpha value is -2.90. The molecule has 26 heavy (non-hydrogen) atoms. The highest BCUT2D eigenvalue weighted by Crippen LogP contribution is 2.28. The van der Waals surface area contributed by atoms with E-state index < -0.39 is 18.5 Å². The number of esters is 1. The number of nitrogens with zero attached hydrogens (tertiary/aromatic N) is 1. The molecule has 1 aromatic carbocycles. The maximum Gasteiger partial charge on any atom is 0.306 e. The van der Waals surface area contributed by atoms with E-state index in [-0.39, 0.29) is 24.8 Å². The van der Waals surface area contributed by atoms with Gasteiger partial charge in [-0.2, -0.15) is 0 Å². The van der Waals surface area contributed by atoms with Gasteiger partial charge in [-0.1, -0.05) is 18.6 Å². The number of amides is 3. The molecular formula is C18H23N3O5. The lowest BCUT2D eigenvalue weighted by Gasteiger charge is -2.28. The number of fused-ring (bicyclic) bond motifs is 1. The third-order valence-corrected chi connectivity index (χ3v) is 3.86. The largest absolute Gasteiger partial charge is 0.456 e. The normalized spacial score (nSPS) is 12.8. The van der Waals surface area contributed by atoms with Crippen molar-refractivity contribution >= 4 is 35.1 Å². The second-order valence-electron chi connectivity index (χ2n) is 6.00. The van der Waals surface area contributed by atoms with Crippen LogP contribution in [0.15, 0.2) is 24.3 Å². The van der Waals surface area contributed by atoms with Crippen LogP contribution >= 0.6 is 0 Å². The molecule has 0 radical (unpaired) electrons. The Labute approximate surface area is 151 Å². The first kappa shape index (κ1) is 19.4. The van der Waals surface area contributed by atoms with E-state index in [9.17, 15) is 19.2 Å². The quantitative estimate of drug-likeness (QED) is 0.535. The minimum absolute atomic E-state index is 0.0732. The van der Waals surface area contributed by atoms with E-state index in [0.717, 1.165) is 12.8 Å². The number of rotatable bonds is 8. The molecule has 2 rings (SSSR count). The number of unbranched alkanes of at least 4 members (excludes halogenated alkanes) is 2. The van der Waals surface area contributed by atoms with Gasteiger partial charge in [-0.25, -0.2) is 0 Å². The molecule has 0 saturated heterocycles. The molecule has 8 heteroatoms. The molecule has 3 amide bonds. The summed E-state index contributed by atoms with van der Waals surface area (Å²) in [4.78, 5) is 47.8. The van der Waals surface area contributed by atoms with E-state index in [1.54, 1.807) is 24.3 Å². The monoisotopic (exact) mass is 361 g/mol. The van der Waals surface area contributed by atoms with Gasteiger partial charge in [0.1, 0.15) is 6.54 Å². The van der Waals surface area contributed by atoms with Crippen molar-refractivity contribution in [3.63, 3.8) is 0 Å². The predicted molar refractivity (Wildman–Crippen MR) is 95.5 cm³/mol. The first-order valence-electron chi connectivity index (χ1n) is 8.56. The summed E-state index contributed by atoms with van der Waals surface area (Å²) in [6.45, 7) is 1.54. The van der Waals surface area contributed by atoms with Crippen molar-refractivity contribution in [1.82, 2.24) is 5.32 Å². The van der Waals surface area contributed by atoms with Crippen molar-refractivity contribution in [1.29, 1.82) is 0 Å². The number of para-hydroxylation sites is 2. The second-order valence-corrected chi connectivity index (χ2v) is 6.00. The van der Waals surface area contributed by atoms with Crippen molar-refractivity contribution in [2.45, 2.75) is 32.6 Å². The predicted octanol–water partition coefficient (Wildman–Crippen LogP) is 1.21. The van der Waals surface area contributed by atoms with Gasteiger partial charge in [0.15, 0.2) is 6.61 Å². The van der Waals surface area contributed by atoms with Gasteiger partial charge in [-0.3, -0.25) is 24.1 Å². The molecule has 0 unspecified atom stereocenters. The number of benzene rings is 1. The van der Waals surface area contributed by atoms with E-state index in [0.29, 0.717) is 24.3 Å². The Morgan fingerprint density at radius 3 is 2.73 bits per heavy atom. The molecule has 1 heterocycles. The van der Waals surface area contributed by atoms with Crippen molar-refractivity contribution in [3.8, 4) is 0 Å². The molecule has 140 valence electrons. The number of nitrogens with one attached hydrogen (secondary N) is 2. The number of anilines is 2. The Bertz CT molecular complexity index is 689. The molecule has 8 nitrogen and oxygen atoms in total. The van der Waals surface area contributed by atoms with Crippen molar-refractivity contribution < 1.29 is 23.9 Å². The lowest BCUT2D eigenvalue weighted by Crippen LogP contribution is -2.44. The second kappa shape index (κ2) is 9.55. The summed E-state index contributed by atoms with van der Waals surface area (Å²) >= 11 is 0. The fraction of sp³-hybridized carbons (Fsp3) is 0.444. The molecule has 1 aromatic rings. The van der Waals surface area contributed by atoms with Crippen molar-refractivity contribution in [2.24, 2.45) is 0 Å². The maximum absolute atomic E-state index is 12.3. The Balaban J connectivity index is 1.72. The van der Waals surface area contributed by atoms with Gasteiger partial charge >= 0.3 is 5.97 Å². The summed E-state index contributed by atoms with van der Waals surface area (Å²) in [5.74, 6) is -1.25. The first-order valence-corrected chi connectivity index (χ1v) is 8.56. The smallest absolute Gasteiger partial charge is 0.306 e. The molecular weight excluding hydrogens is 338 g/mol. The standard InChI is InChI=1S/C18H23N3O5/c1-13(22)19-10-6-2-3-9-18(25)26-12-17(24)21-11-16(23)20-14-7-4-5-8-15(14)21/h4-5,7-8H,2-3,6,9-12H2,1H3,(H,19,22)(H,20,23). The SMILES string of the molecule is CC(=O)NCCCCCC(=O)OCC(=O)N1CC(=O)Nc2ccccc21. The highest BCUT2D eigenvalue weighted by molar-refractivity contribution is 6.10. The van der Waals surface area contributed by atoms with Crippen LogP contribution in [0, 0.1) is 0 Å². The summed E-state index contributed by atoms with van der Waals surface area (Å²) in [5, 5.41) is 5.38.